The molecule has 0 aromatic heterocycles. The highest BCUT2D eigenvalue weighted by atomic mass is 16.5. The van der Waals surface area contributed by atoms with Gasteiger partial charge in [-0.3, -0.25) is 0 Å². The molecule has 4 heteroatoms. The Kier molecular flexibility index (Phi) is 24.0. The first-order valence-corrected chi connectivity index (χ1v) is 13.0. The maximum Gasteiger partial charge on any atom is 0.331 e. The Morgan fingerprint density at radius 1 is 0.500 bits per heavy atom. The molecule has 4 nitrogen and oxygen atoms in total. The molecule has 32 heavy (non-hydrogen) atoms. The highest BCUT2D eigenvalue weighted by molar-refractivity contribution is 5.91. The fourth-order valence-corrected chi connectivity index (χ4v) is 3.13. The molecule has 0 N–H and O–H groups in total. The molecular formula is C28H48O4. The van der Waals surface area contributed by atoms with E-state index in [-0.39, 0.29) is 0 Å². The number of hydrogen-bond donors (Lipinski definition) is 0. The van der Waals surface area contributed by atoms with Crippen molar-refractivity contribution in [1.29, 1.82) is 0 Å². The van der Waals surface area contributed by atoms with Crippen LogP contribution in [0.5, 0.6) is 0 Å². The third-order valence-corrected chi connectivity index (χ3v) is 5.16. The van der Waals surface area contributed by atoms with Crippen molar-refractivity contribution in [3.63, 3.8) is 0 Å². The SMILES string of the molecule is CCCCC=CCCCCCCOC(=O)/C=C\C(=O)OCCCCCCC=CCCCC. The zero-order valence-electron chi connectivity index (χ0n) is 20.8. The maximum atomic E-state index is 11.6. The summed E-state index contributed by atoms with van der Waals surface area (Å²) in [5, 5.41) is 0. The molecule has 0 aliphatic carbocycles. The Balaban J connectivity index is 3.48. The maximum absolute atomic E-state index is 11.6. The number of allylic oxidation sites excluding steroid dienone is 4. The van der Waals surface area contributed by atoms with E-state index in [2.05, 4.69) is 38.2 Å². The molecule has 0 unspecified atom stereocenters. The number of hydrogen-bond acceptors (Lipinski definition) is 4. The average molecular weight is 449 g/mol. The van der Waals surface area contributed by atoms with E-state index in [9.17, 15) is 9.59 Å². The van der Waals surface area contributed by atoms with Crippen molar-refractivity contribution < 1.29 is 19.1 Å². The van der Waals surface area contributed by atoms with Crippen LogP contribution in [0.2, 0.25) is 0 Å². The summed E-state index contributed by atoms with van der Waals surface area (Å²) >= 11 is 0. The lowest BCUT2D eigenvalue weighted by Crippen LogP contribution is -2.06. The molecule has 0 saturated carbocycles. The van der Waals surface area contributed by atoms with Crippen LogP contribution in [0.15, 0.2) is 36.5 Å². The van der Waals surface area contributed by atoms with Gasteiger partial charge in [0.05, 0.1) is 13.2 Å². The Hall–Kier alpha value is -1.84. The van der Waals surface area contributed by atoms with Gasteiger partial charge in [0, 0.05) is 12.2 Å². The molecule has 0 heterocycles. The van der Waals surface area contributed by atoms with Gasteiger partial charge in [-0.1, -0.05) is 89.5 Å². The number of ether oxygens (including phenoxy) is 2. The average Bonchev–Trinajstić information content (AvgIpc) is 2.79. The summed E-state index contributed by atoms with van der Waals surface area (Å²) in [5.41, 5.74) is 0. The number of unbranched alkanes of at least 4 members (excludes halogenated alkanes) is 12. The monoisotopic (exact) mass is 448 g/mol. The van der Waals surface area contributed by atoms with Crippen molar-refractivity contribution in [3.8, 4) is 0 Å². The van der Waals surface area contributed by atoms with Gasteiger partial charge >= 0.3 is 11.9 Å². The van der Waals surface area contributed by atoms with E-state index in [1.54, 1.807) is 0 Å². The number of carbonyl (C=O) groups excluding carboxylic acids is 2. The molecule has 0 amide bonds. The zero-order chi connectivity index (χ0) is 23.5. The van der Waals surface area contributed by atoms with E-state index in [4.69, 9.17) is 9.47 Å². The summed E-state index contributed by atoms with van der Waals surface area (Å²) in [5.74, 6) is -0.958. The molecule has 0 aliphatic rings. The van der Waals surface area contributed by atoms with Gasteiger partial charge in [0.1, 0.15) is 0 Å². The van der Waals surface area contributed by atoms with Crippen molar-refractivity contribution >= 4 is 11.9 Å². The Morgan fingerprint density at radius 3 is 1.22 bits per heavy atom. The minimum atomic E-state index is -0.479. The van der Waals surface area contributed by atoms with Crippen molar-refractivity contribution in [2.75, 3.05) is 13.2 Å². The fourth-order valence-electron chi connectivity index (χ4n) is 3.13. The minimum Gasteiger partial charge on any atom is -0.463 e. The van der Waals surface area contributed by atoms with E-state index in [0.29, 0.717) is 13.2 Å². The standard InChI is InChI=1S/C28H48O4/c1-3-5-7-9-11-13-15-17-19-21-25-31-27(29)23-24-28(30)32-26-22-20-18-16-14-12-10-8-6-4-2/h9-12,23-24H,3-8,13-22,25-26H2,1-2H3/b11-9?,12-10?,24-23-. The Bertz CT molecular complexity index is 474. The quantitative estimate of drug-likeness (QED) is 0.0728. The van der Waals surface area contributed by atoms with Gasteiger partial charge in [0.2, 0.25) is 0 Å². The summed E-state index contributed by atoms with van der Waals surface area (Å²) in [6.45, 7) is 5.22. The van der Waals surface area contributed by atoms with E-state index in [0.717, 1.165) is 63.5 Å². The van der Waals surface area contributed by atoms with Gasteiger partial charge in [-0.15, -0.1) is 0 Å². The molecule has 0 fully saturated rings. The molecule has 0 saturated heterocycles. The number of rotatable bonds is 22. The summed E-state index contributed by atoms with van der Waals surface area (Å²) < 4.78 is 10.2. The van der Waals surface area contributed by atoms with Gasteiger partial charge in [-0.2, -0.15) is 0 Å². The molecule has 0 spiro atoms. The van der Waals surface area contributed by atoms with Crippen molar-refractivity contribution in [1.82, 2.24) is 0 Å². The molecule has 0 rings (SSSR count). The van der Waals surface area contributed by atoms with E-state index in [1.165, 1.54) is 51.4 Å². The van der Waals surface area contributed by atoms with Crippen LogP contribution in [-0.2, 0) is 19.1 Å². The van der Waals surface area contributed by atoms with Gasteiger partial charge in [-0.25, -0.2) is 9.59 Å². The third kappa shape index (κ3) is 24.4. The fraction of sp³-hybridized carbons (Fsp3) is 0.714. The predicted molar refractivity (Wildman–Crippen MR) is 135 cm³/mol. The first kappa shape index (κ1) is 30.2. The highest BCUT2D eigenvalue weighted by Gasteiger charge is 2.01. The first-order valence-electron chi connectivity index (χ1n) is 13.0. The van der Waals surface area contributed by atoms with Crippen LogP contribution in [0.3, 0.4) is 0 Å². The summed E-state index contributed by atoms with van der Waals surface area (Å²) in [6, 6.07) is 0. The molecule has 0 aromatic rings. The highest BCUT2D eigenvalue weighted by Crippen LogP contribution is 2.06. The van der Waals surface area contributed by atoms with Crippen molar-refractivity contribution in [2.45, 2.75) is 117 Å². The Morgan fingerprint density at radius 2 is 0.844 bits per heavy atom. The predicted octanol–water partition coefficient (Wildman–Crippen LogP) is 8.02. The van der Waals surface area contributed by atoms with Gasteiger partial charge in [-0.05, 0) is 51.4 Å². The van der Waals surface area contributed by atoms with Crippen molar-refractivity contribution in [3.05, 3.63) is 36.5 Å². The lowest BCUT2D eigenvalue weighted by atomic mass is 10.1. The van der Waals surface area contributed by atoms with Crippen molar-refractivity contribution in [2.24, 2.45) is 0 Å². The molecular weight excluding hydrogens is 400 g/mol. The van der Waals surface area contributed by atoms with Crippen LogP contribution in [0.4, 0.5) is 0 Å². The largest absolute Gasteiger partial charge is 0.463 e. The van der Waals surface area contributed by atoms with E-state index >= 15 is 0 Å². The van der Waals surface area contributed by atoms with Crippen LogP contribution in [0.1, 0.15) is 117 Å². The summed E-state index contributed by atoms with van der Waals surface area (Å²) in [7, 11) is 0. The zero-order valence-corrected chi connectivity index (χ0v) is 20.8. The minimum absolute atomic E-state index is 0.401. The molecule has 0 radical (unpaired) electrons. The smallest absolute Gasteiger partial charge is 0.331 e. The van der Waals surface area contributed by atoms with Crippen LogP contribution >= 0.6 is 0 Å². The lowest BCUT2D eigenvalue weighted by Gasteiger charge is -2.03. The molecule has 0 aromatic carbocycles. The van der Waals surface area contributed by atoms with Crippen LogP contribution < -0.4 is 0 Å². The third-order valence-electron chi connectivity index (χ3n) is 5.16. The van der Waals surface area contributed by atoms with Gasteiger partial charge in [0.25, 0.3) is 0 Å². The molecule has 0 bridgehead atoms. The lowest BCUT2D eigenvalue weighted by molar-refractivity contribution is -0.140. The molecule has 0 atom stereocenters. The van der Waals surface area contributed by atoms with Crippen LogP contribution in [-0.4, -0.2) is 25.2 Å². The normalized spacial score (nSPS) is 11.7. The number of carbonyl (C=O) groups is 2. The topological polar surface area (TPSA) is 52.6 Å². The van der Waals surface area contributed by atoms with E-state index < -0.39 is 11.9 Å². The number of esters is 2. The van der Waals surface area contributed by atoms with Crippen LogP contribution in [0, 0.1) is 0 Å². The second-order valence-corrected chi connectivity index (χ2v) is 8.30. The first-order chi connectivity index (χ1) is 15.7. The Labute approximate surface area is 197 Å². The van der Waals surface area contributed by atoms with Crippen LogP contribution in [0.25, 0.3) is 0 Å². The molecule has 0 aliphatic heterocycles. The second kappa shape index (κ2) is 25.4. The molecule has 184 valence electrons. The van der Waals surface area contributed by atoms with Gasteiger partial charge in [0.15, 0.2) is 0 Å². The summed E-state index contributed by atoms with van der Waals surface area (Å²) in [4.78, 5) is 23.3. The van der Waals surface area contributed by atoms with E-state index in [1.807, 2.05) is 0 Å². The summed E-state index contributed by atoms with van der Waals surface area (Å²) in [6.07, 6.45) is 29.6. The van der Waals surface area contributed by atoms with Gasteiger partial charge < -0.3 is 9.47 Å². The second-order valence-electron chi connectivity index (χ2n) is 8.30.